The number of hydrogen-bond donors (Lipinski definition) is 1. The Morgan fingerprint density at radius 3 is 2.42 bits per heavy atom. The van der Waals surface area contributed by atoms with Crippen LogP contribution in [0.3, 0.4) is 0 Å². The van der Waals surface area contributed by atoms with Crippen molar-refractivity contribution in [3.8, 4) is 5.75 Å². The summed E-state index contributed by atoms with van der Waals surface area (Å²) in [6.45, 7) is 10.5. The Hall–Kier alpha value is -3.06. The van der Waals surface area contributed by atoms with E-state index in [1.807, 2.05) is 31.2 Å². The van der Waals surface area contributed by atoms with Crippen LogP contribution in [0.25, 0.3) is 0 Å². The monoisotopic (exact) mass is 454 g/mol. The van der Waals surface area contributed by atoms with Gasteiger partial charge in [0.2, 0.25) is 5.91 Å². The van der Waals surface area contributed by atoms with Crippen LogP contribution in [0.5, 0.6) is 5.75 Å². The topological polar surface area (TPSA) is 77.1 Å². The molecule has 1 heterocycles. The van der Waals surface area contributed by atoms with Gasteiger partial charge in [0.05, 0.1) is 32.3 Å². The average molecular weight is 455 g/mol. The molecule has 1 fully saturated rings. The molecule has 0 aliphatic carbocycles. The fourth-order valence-electron chi connectivity index (χ4n) is 3.82. The molecule has 33 heavy (non-hydrogen) atoms. The number of hydrogen-bond acceptors (Lipinski definition) is 6. The number of nitrogens with one attached hydrogen (secondary N) is 1. The van der Waals surface area contributed by atoms with Gasteiger partial charge in [0.15, 0.2) is 5.60 Å². The average Bonchev–Trinajstić information content (AvgIpc) is 2.81. The molecule has 1 aliphatic heterocycles. The quantitative estimate of drug-likeness (QED) is 0.583. The minimum atomic E-state index is -1.09. The maximum atomic E-state index is 12.7. The first-order valence-electron chi connectivity index (χ1n) is 11.5. The third-order valence-electron chi connectivity index (χ3n) is 5.56. The van der Waals surface area contributed by atoms with Crippen LogP contribution in [0.1, 0.15) is 44.9 Å². The Morgan fingerprint density at radius 2 is 1.76 bits per heavy atom. The number of carbonyl (C=O) groups excluding carboxylic acids is 2. The number of amides is 1. The highest BCUT2D eigenvalue weighted by atomic mass is 16.6. The zero-order chi connectivity index (χ0) is 23.8. The molecule has 1 atom stereocenters. The Morgan fingerprint density at radius 1 is 1.09 bits per heavy atom. The standard InChI is InChI=1S/C26H34N2O5/c1-5-32-25(30)26(3,4)33-21-12-10-20(11-13-21)18-24(29)27-19(2)22-8-6-7-9-23(22)28-14-16-31-17-15-28/h6-13,19H,5,14-18H2,1-4H3,(H,27,29). The zero-order valence-electron chi connectivity index (χ0n) is 19.9. The highest BCUT2D eigenvalue weighted by Gasteiger charge is 2.31. The molecule has 7 nitrogen and oxygen atoms in total. The van der Waals surface area contributed by atoms with Gasteiger partial charge in [-0.3, -0.25) is 4.79 Å². The lowest BCUT2D eigenvalue weighted by Crippen LogP contribution is -2.39. The van der Waals surface area contributed by atoms with E-state index in [0.717, 1.165) is 29.9 Å². The van der Waals surface area contributed by atoms with Crippen molar-refractivity contribution in [3.63, 3.8) is 0 Å². The van der Waals surface area contributed by atoms with Gasteiger partial charge in [-0.05, 0) is 57.0 Å². The van der Waals surface area contributed by atoms with E-state index in [4.69, 9.17) is 14.2 Å². The third-order valence-corrected chi connectivity index (χ3v) is 5.56. The van der Waals surface area contributed by atoms with E-state index in [-0.39, 0.29) is 18.4 Å². The first-order chi connectivity index (χ1) is 15.8. The van der Waals surface area contributed by atoms with Gasteiger partial charge < -0.3 is 24.4 Å². The van der Waals surface area contributed by atoms with Crippen LogP contribution in [-0.2, 0) is 25.5 Å². The number of morpholine rings is 1. The van der Waals surface area contributed by atoms with Gasteiger partial charge in [0.25, 0.3) is 0 Å². The van der Waals surface area contributed by atoms with Crippen LogP contribution >= 0.6 is 0 Å². The van der Waals surface area contributed by atoms with Crippen LogP contribution in [0, 0.1) is 0 Å². The van der Waals surface area contributed by atoms with Gasteiger partial charge in [-0.1, -0.05) is 30.3 Å². The Bertz CT molecular complexity index is 936. The number of esters is 1. The highest BCUT2D eigenvalue weighted by molar-refractivity contribution is 5.80. The second-order valence-corrected chi connectivity index (χ2v) is 8.60. The lowest BCUT2D eigenvalue weighted by Gasteiger charge is -2.32. The van der Waals surface area contributed by atoms with E-state index >= 15 is 0 Å². The van der Waals surface area contributed by atoms with Crippen LogP contribution in [-0.4, -0.2) is 50.4 Å². The molecule has 0 bridgehead atoms. The number of rotatable bonds is 9. The number of ether oxygens (including phenoxy) is 3. The molecule has 0 aromatic heterocycles. The molecule has 1 amide bonds. The molecule has 3 rings (SSSR count). The Balaban J connectivity index is 1.58. The molecule has 1 N–H and O–H groups in total. The molecule has 178 valence electrons. The summed E-state index contributed by atoms with van der Waals surface area (Å²) < 4.78 is 16.3. The normalized spacial score (nSPS) is 15.0. The number of anilines is 1. The molecule has 1 saturated heterocycles. The number of benzene rings is 2. The van der Waals surface area contributed by atoms with E-state index in [1.54, 1.807) is 32.9 Å². The minimum absolute atomic E-state index is 0.0557. The number of carbonyl (C=O) groups is 2. The van der Waals surface area contributed by atoms with Crippen LogP contribution in [0.15, 0.2) is 48.5 Å². The van der Waals surface area contributed by atoms with E-state index in [2.05, 4.69) is 22.3 Å². The molecule has 1 aliphatic rings. The van der Waals surface area contributed by atoms with Gasteiger partial charge in [0, 0.05) is 18.8 Å². The van der Waals surface area contributed by atoms with E-state index in [1.165, 1.54) is 0 Å². The van der Waals surface area contributed by atoms with Crippen LogP contribution in [0.2, 0.25) is 0 Å². The summed E-state index contributed by atoms with van der Waals surface area (Å²) in [6.07, 6.45) is 0.256. The van der Waals surface area contributed by atoms with Crippen LogP contribution in [0.4, 0.5) is 5.69 Å². The van der Waals surface area contributed by atoms with Gasteiger partial charge >= 0.3 is 5.97 Å². The second kappa shape index (κ2) is 11.2. The fourth-order valence-corrected chi connectivity index (χ4v) is 3.82. The lowest BCUT2D eigenvalue weighted by molar-refractivity contribution is -0.158. The van der Waals surface area contributed by atoms with Gasteiger partial charge in [-0.25, -0.2) is 4.79 Å². The zero-order valence-corrected chi connectivity index (χ0v) is 19.9. The number of nitrogens with zero attached hydrogens (tertiary/aromatic N) is 1. The predicted molar refractivity (Wildman–Crippen MR) is 128 cm³/mol. The van der Waals surface area contributed by atoms with Gasteiger partial charge in [0.1, 0.15) is 5.75 Å². The Labute approximate surface area is 196 Å². The summed E-state index contributed by atoms with van der Waals surface area (Å²) in [5, 5.41) is 3.12. The molecule has 1 unspecified atom stereocenters. The van der Waals surface area contributed by atoms with E-state index < -0.39 is 11.6 Å². The van der Waals surface area contributed by atoms with Crippen molar-refractivity contribution in [2.45, 2.75) is 45.8 Å². The first kappa shape index (κ1) is 24.6. The molecule has 7 heteroatoms. The van der Waals surface area contributed by atoms with Crippen molar-refractivity contribution in [2.75, 3.05) is 37.8 Å². The van der Waals surface area contributed by atoms with Crippen molar-refractivity contribution >= 4 is 17.6 Å². The SMILES string of the molecule is CCOC(=O)C(C)(C)Oc1ccc(CC(=O)NC(C)c2ccccc2N2CCOCC2)cc1. The smallest absolute Gasteiger partial charge is 0.349 e. The Kier molecular flexibility index (Phi) is 8.33. The summed E-state index contributed by atoms with van der Waals surface area (Å²) in [7, 11) is 0. The molecule has 0 spiro atoms. The van der Waals surface area contributed by atoms with Crippen molar-refractivity contribution in [2.24, 2.45) is 0 Å². The third kappa shape index (κ3) is 6.71. The molecule has 0 saturated carbocycles. The molecular formula is C26H34N2O5. The maximum absolute atomic E-state index is 12.7. The summed E-state index contributed by atoms with van der Waals surface area (Å²) in [5.41, 5.74) is 2.01. The first-order valence-corrected chi connectivity index (χ1v) is 11.5. The summed E-state index contributed by atoms with van der Waals surface area (Å²) >= 11 is 0. The molecule has 0 radical (unpaired) electrons. The van der Waals surface area contributed by atoms with Crippen molar-refractivity contribution in [3.05, 3.63) is 59.7 Å². The maximum Gasteiger partial charge on any atom is 0.349 e. The van der Waals surface area contributed by atoms with E-state index in [0.29, 0.717) is 25.6 Å². The van der Waals surface area contributed by atoms with Crippen molar-refractivity contribution in [1.82, 2.24) is 5.32 Å². The predicted octanol–water partition coefficient (Wildman–Crippen LogP) is 3.66. The molecule has 2 aromatic rings. The number of para-hydroxylation sites is 1. The van der Waals surface area contributed by atoms with Crippen LogP contribution < -0.4 is 15.0 Å². The minimum Gasteiger partial charge on any atom is -0.476 e. The van der Waals surface area contributed by atoms with Crippen molar-refractivity contribution < 1.29 is 23.8 Å². The summed E-state index contributed by atoms with van der Waals surface area (Å²) in [5.74, 6) is 0.0737. The van der Waals surface area contributed by atoms with Crippen molar-refractivity contribution in [1.29, 1.82) is 0 Å². The second-order valence-electron chi connectivity index (χ2n) is 8.60. The fraction of sp³-hybridized carbons (Fsp3) is 0.462. The highest BCUT2D eigenvalue weighted by Crippen LogP contribution is 2.27. The largest absolute Gasteiger partial charge is 0.476 e. The lowest BCUT2D eigenvalue weighted by atomic mass is 10.0. The van der Waals surface area contributed by atoms with Gasteiger partial charge in [-0.2, -0.15) is 0 Å². The van der Waals surface area contributed by atoms with Gasteiger partial charge in [-0.15, -0.1) is 0 Å². The molecule has 2 aromatic carbocycles. The molecular weight excluding hydrogens is 420 g/mol. The summed E-state index contributed by atoms with van der Waals surface area (Å²) in [6, 6.07) is 15.3. The summed E-state index contributed by atoms with van der Waals surface area (Å²) in [4.78, 5) is 27.0. The van der Waals surface area contributed by atoms with E-state index in [9.17, 15) is 9.59 Å².